The molecule has 44 valence electrons. The maximum absolute atomic E-state index is 2.35. The van der Waals surface area contributed by atoms with Crippen molar-refractivity contribution in [1.82, 2.24) is 0 Å². The molecule has 0 bridgehead atoms. The van der Waals surface area contributed by atoms with E-state index < -0.39 is 19.8 Å². The van der Waals surface area contributed by atoms with Crippen molar-refractivity contribution in [2.45, 2.75) is 34.1 Å². The monoisotopic (exact) mass is 230 g/mol. The molecule has 0 aromatic rings. The quantitative estimate of drug-likeness (QED) is 0.650. The fourth-order valence-corrected chi connectivity index (χ4v) is 5.03. The molecule has 0 N–H and O–H groups in total. The van der Waals surface area contributed by atoms with E-state index in [1.807, 2.05) is 0 Å². The van der Waals surface area contributed by atoms with Crippen molar-refractivity contribution in [1.29, 1.82) is 0 Å². The van der Waals surface area contributed by atoms with Crippen LogP contribution in [0.4, 0.5) is 0 Å². The fraction of sp³-hybridized carbons (Fsp3) is 1.00. The summed E-state index contributed by atoms with van der Waals surface area (Å²) in [7, 11) is 0. The van der Waals surface area contributed by atoms with Crippen LogP contribution in [-0.2, 0) is 0 Å². The molecule has 0 unspecified atom stereocenters. The van der Waals surface area contributed by atoms with Crippen LogP contribution >= 0.6 is 0 Å². The van der Waals surface area contributed by atoms with Crippen LogP contribution < -0.4 is 0 Å². The van der Waals surface area contributed by atoms with E-state index >= 15 is 0 Å². The predicted molar refractivity (Wildman–Crippen MR) is 43.0 cm³/mol. The van der Waals surface area contributed by atoms with Crippen LogP contribution in [0.25, 0.3) is 0 Å². The normalized spacial score (nSPS) is 9.00. The Morgan fingerprint density at radius 1 is 0.875 bits per heavy atom. The molecule has 0 atom stereocenters. The minimum absolute atomic E-state index is 0. The van der Waals surface area contributed by atoms with E-state index in [2.05, 4.69) is 20.8 Å². The first-order valence-electron chi connectivity index (χ1n) is 3.18. The van der Waals surface area contributed by atoms with Gasteiger partial charge in [0.1, 0.15) is 0 Å². The second kappa shape index (κ2) is 8.80. The zero-order valence-electron chi connectivity index (χ0n) is 6.62. The molecular weight excluding hydrogens is 214 g/mol. The van der Waals surface area contributed by atoms with Crippen LogP contribution in [0.1, 0.15) is 20.8 Å². The molecule has 0 aromatic carbocycles. The van der Waals surface area contributed by atoms with Gasteiger partial charge in [-0.3, -0.25) is 0 Å². The van der Waals surface area contributed by atoms with Gasteiger partial charge in [-0.05, 0) is 0 Å². The topological polar surface area (TPSA) is 0 Å². The Balaban J connectivity index is 0. The third kappa shape index (κ3) is 5.93. The summed E-state index contributed by atoms with van der Waals surface area (Å²) in [5.41, 5.74) is 0. The molecule has 0 aliphatic rings. The van der Waals surface area contributed by atoms with E-state index in [0.717, 1.165) is 0 Å². The molecule has 0 aliphatic heterocycles. The Kier molecular flexibility index (Phi) is 13.7. The van der Waals surface area contributed by atoms with E-state index in [1.54, 1.807) is 13.3 Å². The second-order valence-corrected chi connectivity index (χ2v) is 12.1. The average molecular weight is 229 g/mol. The Hall–Kier alpha value is 1.80. The molecule has 0 fully saturated rings. The first kappa shape index (κ1) is 12.5. The van der Waals surface area contributed by atoms with Crippen LogP contribution in [0.5, 0.6) is 0 Å². The molecule has 0 aliphatic carbocycles. The van der Waals surface area contributed by atoms with Gasteiger partial charge in [0, 0.05) is 29.6 Å². The number of rotatable bonds is 3. The summed E-state index contributed by atoms with van der Waals surface area (Å²) in [5, 5.41) is 0. The molecule has 2 radical (unpaired) electrons. The Bertz CT molecular complexity index is 30.0. The van der Waals surface area contributed by atoms with Crippen molar-refractivity contribution in [2.75, 3.05) is 0 Å². The largest absolute Gasteiger partial charge is 0 e. The minimum Gasteiger partial charge on any atom is 0 e. The molecule has 0 spiro atoms. The first-order valence-corrected chi connectivity index (χ1v) is 9.24. The van der Waals surface area contributed by atoms with Crippen LogP contribution in [0, 0.1) is 0 Å². The van der Waals surface area contributed by atoms with Crippen molar-refractivity contribution in [2.24, 2.45) is 0 Å². The van der Waals surface area contributed by atoms with Gasteiger partial charge in [0.05, 0.1) is 0 Å². The Morgan fingerprint density at radius 3 is 1.12 bits per heavy atom. The maximum atomic E-state index is 2.35. The van der Waals surface area contributed by atoms with Gasteiger partial charge in [0.15, 0.2) is 0 Å². The summed E-state index contributed by atoms with van der Waals surface area (Å²) in [6.45, 7) is 7.05. The fourth-order valence-electron chi connectivity index (χ4n) is 0.750. The molecule has 8 heavy (non-hydrogen) atoms. The van der Waals surface area contributed by atoms with Crippen molar-refractivity contribution < 1.29 is 0 Å². The SMILES string of the molecule is C[CH2][Sn]([CH2]C)[CH2]C.[Na]. The second-order valence-electron chi connectivity index (χ2n) is 1.81. The van der Waals surface area contributed by atoms with E-state index in [-0.39, 0.29) is 29.6 Å². The molecule has 0 nitrogen and oxygen atoms in total. The van der Waals surface area contributed by atoms with Gasteiger partial charge in [0.2, 0.25) is 0 Å². The van der Waals surface area contributed by atoms with Gasteiger partial charge in [-0.15, -0.1) is 0 Å². The predicted octanol–water partition coefficient (Wildman–Crippen LogP) is 2.16. The summed E-state index contributed by atoms with van der Waals surface area (Å²) in [5.74, 6) is 0. The van der Waals surface area contributed by atoms with Gasteiger partial charge in [-0.25, -0.2) is 0 Å². The summed E-state index contributed by atoms with van der Waals surface area (Å²) in [6, 6.07) is 0. The van der Waals surface area contributed by atoms with E-state index in [9.17, 15) is 0 Å². The zero-order valence-corrected chi connectivity index (χ0v) is 11.5. The van der Waals surface area contributed by atoms with Crippen LogP contribution in [0.3, 0.4) is 0 Å². The third-order valence-electron chi connectivity index (χ3n) is 1.50. The molecule has 0 heterocycles. The maximum Gasteiger partial charge on any atom is 0 e. The van der Waals surface area contributed by atoms with E-state index in [0.29, 0.717) is 0 Å². The molecule has 2 heteroatoms. The smallest absolute Gasteiger partial charge is 0 e. The van der Waals surface area contributed by atoms with Gasteiger partial charge >= 0.3 is 53.8 Å². The van der Waals surface area contributed by atoms with Crippen molar-refractivity contribution in [3.8, 4) is 0 Å². The zero-order chi connectivity index (χ0) is 5.70. The van der Waals surface area contributed by atoms with Gasteiger partial charge < -0.3 is 0 Å². The standard InChI is InChI=1S/3C2H5.Na.Sn/c3*1-2;;/h3*1H2,2H3;;. The van der Waals surface area contributed by atoms with Gasteiger partial charge in [-0.1, -0.05) is 0 Å². The Labute approximate surface area is 82.5 Å². The van der Waals surface area contributed by atoms with E-state index in [4.69, 9.17) is 0 Å². The molecular formula is C6H15NaSn. The van der Waals surface area contributed by atoms with Crippen molar-refractivity contribution in [3.05, 3.63) is 0 Å². The van der Waals surface area contributed by atoms with Gasteiger partial charge in [0.25, 0.3) is 0 Å². The van der Waals surface area contributed by atoms with Crippen molar-refractivity contribution >= 4 is 49.3 Å². The third-order valence-corrected chi connectivity index (χ3v) is 10.1. The molecule has 0 saturated carbocycles. The molecule has 0 rings (SSSR count). The van der Waals surface area contributed by atoms with Crippen molar-refractivity contribution in [3.63, 3.8) is 0 Å². The van der Waals surface area contributed by atoms with Crippen LogP contribution in [0.2, 0.25) is 13.3 Å². The molecule has 0 aromatic heterocycles. The van der Waals surface area contributed by atoms with Crippen LogP contribution in [0.15, 0.2) is 0 Å². The number of hydrogen-bond acceptors (Lipinski definition) is 0. The minimum atomic E-state index is -0.653. The summed E-state index contributed by atoms with van der Waals surface area (Å²) in [4.78, 5) is 0. The summed E-state index contributed by atoms with van der Waals surface area (Å²) >= 11 is -0.653. The summed E-state index contributed by atoms with van der Waals surface area (Å²) in [6.07, 6.45) is 0. The average Bonchev–Trinajstić information content (AvgIpc) is 1.72. The summed E-state index contributed by atoms with van der Waals surface area (Å²) < 4.78 is 4.65. The van der Waals surface area contributed by atoms with Gasteiger partial charge in [-0.2, -0.15) is 0 Å². The number of hydrogen-bond donors (Lipinski definition) is 0. The van der Waals surface area contributed by atoms with Crippen LogP contribution in [-0.4, -0.2) is 49.3 Å². The molecule has 0 amide bonds. The molecule has 0 saturated heterocycles. The van der Waals surface area contributed by atoms with E-state index in [1.165, 1.54) is 0 Å². The first-order chi connectivity index (χ1) is 3.35. The Morgan fingerprint density at radius 2 is 1.12 bits per heavy atom.